The fourth-order valence-electron chi connectivity index (χ4n) is 3.08. The lowest BCUT2D eigenvalue weighted by Gasteiger charge is -2.16. The number of alkyl halides is 3. The molecule has 3 heterocycles. The van der Waals surface area contributed by atoms with E-state index in [2.05, 4.69) is 35.9 Å². The van der Waals surface area contributed by atoms with Crippen molar-refractivity contribution in [2.45, 2.75) is 37.5 Å². The van der Waals surface area contributed by atoms with E-state index in [1.807, 2.05) is 0 Å². The maximum atomic E-state index is 12.7. The van der Waals surface area contributed by atoms with Gasteiger partial charge < -0.3 is 10.6 Å². The normalized spacial score (nSPS) is 20.1. The van der Waals surface area contributed by atoms with Gasteiger partial charge in [-0.05, 0) is 49.1 Å². The summed E-state index contributed by atoms with van der Waals surface area (Å²) in [6.07, 6.45) is -1.12. The minimum Gasteiger partial charge on any atom is -0.367 e. The van der Waals surface area contributed by atoms with E-state index in [9.17, 15) is 13.2 Å². The zero-order chi connectivity index (χ0) is 19.0. The lowest BCUT2D eigenvalue weighted by atomic mass is 10.2. The number of halogens is 4. The lowest BCUT2D eigenvalue weighted by molar-refractivity contribution is -0.144. The summed E-state index contributed by atoms with van der Waals surface area (Å²) >= 11 is 5.92. The second-order valence-corrected chi connectivity index (χ2v) is 6.55. The van der Waals surface area contributed by atoms with Gasteiger partial charge in [-0.1, -0.05) is 0 Å². The van der Waals surface area contributed by atoms with E-state index in [-0.39, 0.29) is 23.2 Å². The minimum absolute atomic E-state index is 0.000662. The fraction of sp³-hybridized carbons (Fsp3) is 0.400. The van der Waals surface area contributed by atoms with Crippen LogP contribution in [0.15, 0.2) is 24.4 Å². The summed E-state index contributed by atoms with van der Waals surface area (Å²) in [5.41, 5.74) is 0.542. The van der Waals surface area contributed by atoms with E-state index in [1.54, 1.807) is 12.1 Å². The molecule has 0 aliphatic heterocycles. The molecule has 0 unspecified atom stereocenters. The summed E-state index contributed by atoms with van der Waals surface area (Å²) in [5.74, 6) is -0.362. The van der Waals surface area contributed by atoms with E-state index in [0.29, 0.717) is 17.9 Å². The molecule has 0 aromatic carbocycles. The third-order valence-corrected chi connectivity index (χ3v) is 4.51. The molecule has 0 bridgehead atoms. The van der Waals surface area contributed by atoms with Gasteiger partial charge in [0, 0.05) is 18.3 Å². The summed E-state index contributed by atoms with van der Waals surface area (Å²) in [4.78, 5) is 6.81. The van der Waals surface area contributed by atoms with Gasteiger partial charge in [0.15, 0.2) is 5.65 Å². The molecule has 8 nitrogen and oxygen atoms in total. The van der Waals surface area contributed by atoms with Crippen LogP contribution in [0, 0.1) is 0 Å². The number of rotatable bonds is 4. The Labute approximate surface area is 156 Å². The summed E-state index contributed by atoms with van der Waals surface area (Å²) in [7, 11) is 0. The standard InChI is InChI=1S/C15H14ClF3N8/c16-14-25-24-12-4-3-11(26-27(12)14)22-9-2-1-8(7-9)21-10-5-6-20-13(23-10)15(17,18)19/h3-6,8-9H,1-2,7H2,(H,22,26)(H,20,21,23)/t8-,9+/m1/s1. The molecule has 1 fully saturated rings. The summed E-state index contributed by atoms with van der Waals surface area (Å²) in [5, 5.41) is 18.4. The molecule has 0 saturated heterocycles. The fourth-order valence-corrected chi connectivity index (χ4v) is 3.24. The number of hydrogen-bond donors (Lipinski definition) is 2. The zero-order valence-corrected chi connectivity index (χ0v) is 14.5. The Kier molecular flexibility index (Phi) is 4.46. The SMILES string of the molecule is FC(F)(F)c1nccc(N[C@@H]2CC[C@H](Nc3ccc4nnc(Cl)n4n3)C2)n1. The molecule has 1 aliphatic rings. The summed E-state index contributed by atoms with van der Waals surface area (Å²) < 4.78 is 39.6. The molecule has 142 valence electrons. The third kappa shape index (κ3) is 3.87. The van der Waals surface area contributed by atoms with Crippen molar-refractivity contribution < 1.29 is 13.2 Å². The number of aromatic nitrogens is 6. The van der Waals surface area contributed by atoms with Crippen molar-refractivity contribution in [3.05, 3.63) is 35.5 Å². The molecule has 4 rings (SSSR count). The van der Waals surface area contributed by atoms with Crippen molar-refractivity contribution in [1.82, 2.24) is 29.8 Å². The monoisotopic (exact) mass is 398 g/mol. The third-order valence-electron chi connectivity index (χ3n) is 4.27. The van der Waals surface area contributed by atoms with Gasteiger partial charge in [-0.15, -0.1) is 15.3 Å². The van der Waals surface area contributed by atoms with Crippen LogP contribution >= 0.6 is 11.6 Å². The molecule has 0 amide bonds. The Bertz CT molecular complexity index is 960. The van der Waals surface area contributed by atoms with Gasteiger partial charge in [0.25, 0.3) is 0 Å². The Morgan fingerprint density at radius 3 is 2.52 bits per heavy atom. The first-order chi connectivity index (χ1) is 12.9. The van der Waals surface area contributed by atoms with Crippen LogP contribution in [0.25, 0.3) is 5.65 Å². The number of nitrogens with one attached hydrogen (secondary N) is 2. The Hall–Kier alpha value is -2.69. The van der Waals surface area contributed by atoms with Crippen molar-refractivity contribution in [1.29, 1.82) is 0 Å². The minimum atomic E-state index is -4.56. The molecule has 3 aromatic rings. The van der Waals surface area contributed by atoms with Crippen LogP contribution in [0.2, 0.25) is 5.28 Å². The highest BCUT2D eigenvalue weighted by Gasteiger charge is 2.35. The van der Waals surface area contributed by atoms with Gasteiger partial charge >= 0.3 is 6.18 Å². The molecule has 2 N–H and O–H groups in total. The van der Waals surface area contributed by atoms with E-state index in [4.69, 9.17) is 11.6 Å². The highest BCUT2D eigenvalue weighted by molar-refractivity contribution is 6.28. The maximum absolute atomic E-state index is 12.7. The molecule has 27 heavy (non-hydrogen) atoms. The van der Waals surface area contributed by atoms with Crippen LogP contribution in [0.4, 0.5) is 24.8 Å². The van der Waals surface area contributed by atoms with E-state index in [1.165, 1.54) is 10.6 Å². The average Bonchev–Trinajstić information content (AvgIpc) is 3.21. The van der Waals surface area contributed by atoms with Crippen LogP contribution in [0.5, 0.6) is 0 Å². The number of hydrogen-bond acceptors (Lipinski definition) is 7. The second kappa shape index (κ2) is 6.80. The second-order valence-electron chi connectivity index (χ2n) is 6.22. The molecule has 3 aromatic heterocycles. The Morgan fingerprint density at radius 1 is 1.04 bits per heavy atom. The van der Waals surface area contributed by atoms with Crippen molar-refractivity contribution in [3.63, 3.8) is 0 Å². The number of nitrogens with zero attached hydrogens (tertiary/aromatic N) is 6. The largest absolute Gasteiger partial charge is 0.451 e. The predicted octanol–water partition coefficient (Wildman–Crippen LogP) is 3.03. The average molecular weight is 399 g/mol. The van der Waals surface area contributed by atoms with Gasteiger partial charge in [0.1, 0.15) is 11.6 Å². The zero-order valence-electron chi connectivity index (χ0n) is 13.8. The van der Waals surface area contributed by atoms with Gasteiger partial charge in [-0.25, -0.2) is 9.97 Å². The van der Waals surface area contributed by atoms with Gasteiger partial charge in [-0.2, -0.15) is 17.7 Å². The van der Waals surface area contributed by atoms with Crippen LogP contribution in [0.3, 0.4) is 0 Å². The first kappa shape index (κ1) is 17.7. The smallest absolute Gasteiger partial charge is 0.367 e. The topological polar surface area (TPSA) is 92.9 Å². The lowest BCUT2D eigenvalue weighted by Crippen LogP contribution is -2.22. The first-order valence-electron chi connectivity index (χ1n) is 8.20. The highest BCUT2D eigenvalue weighted by Crippen LogP contribution is 2.28. The van der Waals surface area contributed by atoms with Crippen LogP contribution < -0.4 is 10.6 Å². The Balaban J connectivity index is 1.39. The van der Waals surface area contributed by atoms with Crippen LogP contribution in [0.1, 0.15) is 25.1 Å². The molecule has 0 spiro atoms. The number of fused-ring (bicyclic) bond motifs is 1. The van der Waals surface area contributed by atoms with Crippen LogP contribution in [-0.2, 0) is 6.18 Å². The predicted molar refractivity (Wildman–Crippen MR) is 91.5 cm³/mol. The van der Waals surface area contributed by atoms with Crippen molar-refractivity contribution >= 4 is 28.9 Å². The van der Waals surface area contributed by atoms with E-state index >= 15 is 0 Å². The number of anilines is 2. The van der Waals surface area contributed by atoms with Crippen molar-refractivity contribution in [2.24, 2.45) is 0 Å². The van der Waals surface area contributed by atoms with Crippen LogP contribution in [-0.4, -0.2) is 41.9 Å². The summed E-state index contributed by atoms with van der Waals surface area (Å²) in [6.45, 7) is 0. The van der Waals surface area contributed by atoms with E-state index in [0.717, 1.165) is 19.0 Å². The van der Waals surface area contributed by atoms with Gasteiger partial charge in [0.2, 0.25) is 11.1 Å². The molecular formula is C15H14ClF3N8. The van der Waals surface area contributed by atoms with E-state index < -0.39 is 12.0 Å². The highest BCUT2D eigenvalue weighted by atomic mass is 35.5. The maximum Gasteiger partial charge on any atom is 0.451 e. The Morgan fingerprint density at radius 2 is 1.78 bits per heavy atom. The molecule has 1 saturated carbocycles. The quantitative estimate of drug-likeness (QED) is 0.697. The molecule has 1 aliphatic carbocycles. The molecule has 0 radical (unpaired) electrons. The van der Waals surface area contributed by atoms with Crippen molar-refractivity contribution in [2.75, 3.05) is 10.6 Å². The first-order valence-corrected chi connectivity index (χ1v) is 8.57. The molecule has 2 atom stereocenters. The summed E-state index contributed by atoms with van der Waals surface area (Å²) in [6, 6.07) is 5.08. The van der Waals surface area contributed by atoms with Crippen molar-refractivity contribution in [3.8, 4) is 0 Å². The molecule has 12 heteroatoms. The molecular weight excluding hydrogens is 385 g/mol. The van der Waals surface area contributed by atoms with Gasteiger partial charge in [-0.3, -0.25) is 0 Å². The van der Waals surface area contributed by atoms with Gasteiger partial charge in [0.05, 0.1) is 0 Å².